The SMILES string of the molecule is CCc1c(C(=O)O)nnn1CC(=O)NCc1ccco1. The molecule has 0 radical (unpaired) electrons. The molecule has 0 fully saturated rings. The van der Waals surface area contributed by atoms with Crippen LogP contribution in [0.5, 0.6) is 0 Å². The van der Waals surface area contributed by atoms with E-state index in [0.29, 0.717) is 17.9 Å². The first kappa shape index (κ1) is 13.8. The van der Waals surface area contributed by atoms with E-state index in [9.17, 15) is 9.59 Å². The molecule has 2 N–H and O–H groups in total. The van der Waals surface area contributed by atoms with Crippen LogP contribution in [0.2, 0.25) is 0 Å². The summed E-state index contributed by atoms with van der Waals surface area (Å²) in [5, 5.41) is 18.9. The third-order valence-electron chi connectivity index (χ3n) is 2.71. The number of hydrogen-bond acceptors (Lipinski definition) is 5. The number of carboxylic acids is 1. The lowest BCUT2D eigenvalue weighted by Crippen LogP contribution is -2.28. The Hall–Kier alpha value is -2.64. The van der Waals surface area contributed by atoms with Gasteiger partial charge >= 0.3 is 5.97 Å². The number of furan rings is 1. The summed E-state index contributed by atoms with van der Waals surface area (Å²) in [6.07, 6.45) is 1.95. The second-order valence-corrected chi connectivity index (χ2v) is 4.06. The van der Waals surface area contributed by atoms with Crippen molar-refractivity contribution in [2.45, 2.75) is 26.4 Å². The lowest BCUT2D eigenvalue weighted by molar-refractivity contribution is -0.122. The van der Waals surface area contributed by atoms with E-state index < -0.39 is 5.97 Å². The first-order valence-electron chi connectivity index (χ1n) is 6.06. The molecule has 1 amide bonds. The molecule has 2 aromatic heterocycles. The van der Waals surface area contributed by atoms with E-state index >= 15 is 0 Å². The van der Waals surface area contributed by atoms with Crippen molar-refractivity contribution in [1.29, 1.82) is 0 Å². The maximum Gasteiger partial charge on any atom is 0.358 e. The van der Waals surface area contributed by atoms with Crippen LogP contribution in [-0.4, -0.2) is 32.0 Å². The molecule has 0 spiro atoms. The Balaban J connectivity index is 1.99. The van der Waals surface area contributed by atoms with Crippen LogP contribution in [0.15, 0.2) is 22.8 Å². The van der Waals surface area contributed by atoms with Gasteiger partial charge in [-0.3, -0.25) is 4.79 Å². The van der Waals surface area contributed by atoms with Crippen LogP contribution in [0, 0.1) is 0 Å². The van der Waals surface area contributed by atoms with Gasteiger partial charge in [-0.15, -0.1) is 5.10 Å². The topological polar surface area (TPSA) is 110 Å². The fourth-order valence-corrected chi connectivity index (χ4v) is 1.77. The van der Waals surface area contributed by atoms with Crippen LogP contribution in [0.4, 0.5) is 0 Å². The number of rotatable bonds is 6. The number of aromatic nitrogens is 3. The average Bonchev–Trinajstić information content (AvgIpc) is 3.05. The molecule has 0 saturated carbocycles. The molecule has 20 heavy (non-hydrogen) atoms. The summed E-state index contributed by atoms with van der Waals surface area (Å²) in [6, 6.07) is 3.48. The Morgan fingerprint density at radius 2 is 2.30 bits per heavy atom. The average molecular weight is 278 g/mol. The molecule has 0 aliphatic heterocycles. The van der Waals surface area contributed by atoms with Gasteiger partial charge in [-0.1, -0.05) is 12.1 Å². The van der Waals surface area contributed by atoms with Gasteiger partial charge in [0.25, 0.3) is 0 Å². The Bertz CT molecular complexity index is 603. The quantitative estimate of drug-likeness (QED) is 0.793. The number of hydrogen-bond donors (Lipinski definition) is 2. The molecule has 106 valence electrons. The van der Waals surface area contributed by atoms with E-state index in [1.54, 1.807) is 19.1 Å². The summed E-state index contributed by atoms with van der Waals surface area (Å²) in [4.78, 5) is 22.7. The standard InChI is InChI=1S/C12H14N4O4/c1-2-9-11(12(18)19)14-15-16(9)7-10(17)13-6-8-4-3-5-20-8/h3-5H,2,6-7H2,1H3,(H,13,17)(H,18,19). The van der Waals surface area contributed by atoms with Crippen LogP contribution in [0.25, 0.3) is 0 Å². The van der Waals surface area contributed by atoms with Gasteiger partial charge in [0, 0.05) is 0 Å². The van der Waals surface area contributed by atoms with Crippen LogP contribution >= 0.6 is 0 Å². The fourth-order valence-electron chi connectivity index (χ4n) is 1.77. The molecule has 0 aliphatic rings. The van der Waals surface area contributed by atoms with Gasteiger partial charge in [-0.2, -0.15) is 0 Å². The minimum Gasteiger partial charge on any atom is -0.476 e. The number of nitrogens with zero attached hydrogens (tertiary/aromatic N) is 3. The van der Waals surface area contributed by atoms with E-state index in [2.05, 4.69) is 15.6 Å². The predicted octanol–water partition coefficient (Wildman–Crippen LogP) is 0.448. The van der Waals surface area contributed by atoms with Crippen molar-refractivity contribution in [3.05, 3.63) is 35.5 Å². The van der Waals surface area contributed by atoms with Crippen molar-refractivity contribution >= 4 is 11.9 Å². The van der Waals surface area contributed by atoms with Crippen LogP contribution in [0.3, 0.4) is 0 Å². The first-order chi connectivity index (χ1) is 9.61. The highest BCUT2D eigenvalue weighted by atomic mass is 16.4. The normalized spacial score (nSPS) is 10.4. The molecule has 0 aromatic carbocycles. The van der Waals surface area contributed by atoms with Crippen LogP contribution in [0.1, 0.15) is 28.9 Å². The molecule has 2 heterocycles. The van der Waals surface area contributed by atoms with Crippen molar-refractivity contribution in [3.63, 3.8) is 0 Å². The van der Waals surface area contributed by atoms with Gasteiger partial charge in [0.05, 0.1) is 18.5 Å². The lowest BCUT2D eigenvalue weighted by atomic mass is 10.2. The lowest BCUT2D eigenvalue weighted by Gasteiger charge is -2.05. The van der Waals surface area contributed by atoms with Gasteiger partial charge < -0.3 is 14.8 Å². The second-order valence-electron chi connectivity index (χ2n) is 4.06. The zero-order valence-corrected chi connectivity index (χ0v) is 10.9. The number of carbonyl (C=O) groups excluding carboxylic acids is 1. The minimum absolute atomic E-state index is 0.0792. The van der Waals surface area contributed by atoms with Crippen molar-refractivity contribution in [1.82, 2.24) is 20.3 Å². The van der Waals surface area contributed by atoms with Crippen LogP contribution in [-0.2, 0) is 24.3 Å². The first-order valence-corrected chi connectivity index (χ1v) is 6.06. The van der Waals surface area contributed by atoms with E-state index in [-0.39, 0.29) is 24.7 Å². The van der Waals surface area contributed by atoms with E-state index in [0.717, 1.165) is 0 Å². The number of amides is 1. The number of aromatic carboxylic acids is 1. The Kier molecular flexibility index (Phi) is 4.14. The molecule has 0 unspecified atom stereocenters. The van der Waals surface area contributed by atoms with Gasteiger partial charge in [0.2, 0.25) is 5.91 Å². The van der Waals surface area contributed by atoms with Gasteiger partial charge in [-0.25, -0.2) is 9.48 Å². The molecule has 0 atom stereocenters. The minimum atomic E-state index is -1.15. The van der Waals surface area contributed by atoms with E-state index in [1.807, 2.05) is 0 Å². The van der Waals surface area contributed by atoms with Crippen molar-refractivity contribution < 1.29 is 19.1 Å². The summed E-state index contributed by atoms with van der Waals surface area (Å²) in [7, 11) is 0. The summed E-state index contributed by atoms with van der Waals surface area (Å²) < 4.78 is 6.38. The molecule has 0 saturated heterocycles. The van der Waals surface area contributed by atoms with Crippen molar-refractivity contribution in [2.24, 2.45) is 0 Å². The molecule has 0 aliphatic carbocycles. The summed E-state index contributed by atoms with van der Waals surface area (Å²) in [6.45, 7) is 1.97. The zero-order chi connectivity index (χ0) is 14.5. The zero-order valence-electron chi connectivity index (χ0n) is 10.9. The second kappa shape index (κ2) is 6.00. The van der Waals surface area contributed by atoms with E-state index in [1.165, 1.54) is 10.9 Å². The highest BCUT2D eigenvalue weighted by Gasteiger charge is 2.18. The number of carbonyl (C=O) groups is 2. The van der Waals surface area contributed by atoms with Crippen molar-refractivity contribution in [3.8, 4) is 0 Å². The smallest absolute Gasteiger partial charge is 0.358 e. The Labute approximate surface area is 114 Å². The van der Waals surface area contributed by atoms with Gasteiger partial charge in [-0.05, 0) is 18.6 Å². The third kappa shape index (κ3) is 3.02. The molecular weight excluding hydrogens is 264 g/mol. The Morgan fingerprint density at radius 3 is 2.90 bits per heavy atom. The molecule has 2 aromatic rings. The molecule has 8 heteroatoms. The van der Waals surface area contributed by atoms with Crippen LogP contribution < -0.4 is 5.32 Å². The largest absolute Gasteiger partial charge is 0.476 e. The molecule has 8 nitrogen and oxygen atoms in total. The summed E-state index contributed by atoms with van der Waals surface area (Å²) >= 11 is 0. The fraction of sp³-hybridized carbons (Fsp3) is 0.333. The predicted molar refractivity (Wildman–Crippen MR) is 66.9 cm³/mol. The number of carboxylic acid groups (broad SMARTS) is 1. The molecule has 0 bridgehead atoms. The van der Waals surface area contributed by atoms with Crippen molar-refractivity contribution in [2.75, 3.05) is 0 Å². The summed E-state index contributed by atoms with van der Waals surface area (Å²) in [5.74, 6) is -0.805. The summed E-state index contributed by atoms with van der Waals surface area (Å²) in [5.41, 5.74) is 0.303. The van der Waals surface area contributed by atoms with Gasteiger partial charge in [0.15, 0.2) is 5.69 Å². The third-order valence-corrected chi connectivity index (χ3v) is 2.71. The highest BCUT2D eigenvalue weighted by Crippen LogP contribution is 2.06. The monoisotopic (exact) mass is 278 g/mol. The van der Waals surface area contributed by atoms with E-state index in [4.69, 9.17) is 9.52 Å². The highest BCUT2D eigenvalue weighted by molar-refractivity contribution is 5.86. The molecule has 2 rings (SSSR count). The maximum atomic E-state index is 11.8. The Morgan fingerprint density at radius 1 is 1.50 bits per heavy atom. The number of nitrogens with one attached hydrogen (secondary N) is 1. The molecular formula is C12H14N4O4. The van der Waals surface area contributed by atoms with Gasteiger partial charge in [0.1, 0.15) is 12.3 Å². The maximum absolute atomic E-state index is 11.8.